The Morgan fingerprint density at radius 3 is 2.24 bits per heavy atom. The van der Waals surface area contributed by atoms with Crippen LogP contribution in [-0.4, -0.2) is 44.2 Å². The zero-order valence-electron chi connectivity index (χ0n) is 17.2. The summed E-state index contributed by atoms with van der Waals surface area (Å²) in [4.78, 5) is 20.9. The molecule has 1 saturated heterocycles. The van der Waals surface area contributed by atoms with Gasteiger partial charge in [0.15, 0.2) is 5.82 Å². The Balaban J connectivity index is 1.74. The van der Waals surface area contributed by atoms with E-state index in [1.807, 2.05) is 0 Å². The van der Waals surface area contributed by atoms with Crippen LogP contribution in [0.4, 0.5) is 48.3 Å². The minimum absolute atomic E-state index is 0.0312. The Kier molecular flexibility index (Phi) is 6.23. The molecule has 0 atom stereocenters. The molecule has 1 aliphatic heterocycles. The summed E-state index contributed by atoms with van der Waals surface area (Å²) >= 11 is 0. The second-order valence-electron chi connectivity index (χ2n) is 7.40. The third kappa shape index (κ3) is 5.48. The predicted molar refractivity (Wildman–Crippen MR) is 107 cm³/mol. The van der Waals surface area contributed by atoms with Gasteiger partial charge in [-0.2, -0.15) is 41.3 Å². The lowest BCUT2D eigenvalue weighted by Crippen LogP contribution is -2.35. The van der Waals surface area contributed by atoms with Crippen LogP contribution in [0.3, 0.4) is 0 Å². The van der Waals surface area contributed by atoms with Crippen molar-refractivity contribution in [2.45, 2.75) is 31.4 Å². The van der Waals surface area contributed by atoms with Crippen LogP contribution in [0.2, 0.25) is 0 Å². The van der Waals surface area contributed by atoms with Gasteiger partial charge in [-0.1, -0.05) is 6.07 Å². The summed E-state index contributed by atoms with van der Waals surface area (Å²) in [7, 11) is 0. The Bertz CT molecular complexity index is 1160. The van der Waals surface area contributed by atoms with Gasteiger partial charge in [-0.3, -0.25) is 4.98 Å². The fourth-order valence-electron chi connectivity index (χ4n) is 3.23. The highest BCUT2D eigenvalue weighted by Gasteiger charge is 2.34. The van der Waals surface area contributed by atoms with E-state index in [1.54, 1.807) is 4.90 Å². The van der Waals surface area contributed by atoms with Gasteiger partial charge in [0.2, 0.25) is 11.9 Å². The minimum Gasteiger partial charge on any atom is -0.340 e. The van der Waals surface area contributed by atoms with E-state index < -0.39 is 29.9 Å². The number of alkyl halides is 7. The topological polar surface area (TPSA) is 79.7 Å². The first-order valence-corrected chi connectivity index (χ1v) is 9.99. The van der Waals surface area contributed by atoms with E-state index in [0.717, 1.165) is 24.4 Å². The first-order valence-electron chi connectivity index (χ1n) is 9.99. The lowest BCUT2D eigenvalue weighted by Gasteiger charge is -2.28. The largest absolute Gasteiger partial charge is 0.433 e. The molecule has 0 aliphatic carbocycles. The van der Waals surface area contributed by atoms with E-state index >= 15 is 0 Å². The van der Waals surface area contributed by atoms with Crippen LogP contribution in [0, 0.1) is 0 Å². The summed E-state index contributed by atoms with van der Waals surface area (Å²) in [6.07, 6.45) is -9.06. The maximum absolute atomic E-state index is 13.6. The smallest absolute Gasteiger partial charge is 0.340 e. The second kappa shape index (κ2) is 8.99. The number of hydrogen-bond donors (Lipinski definition) is 1. The number of aromatic nitrogens is 5. The number of nitrogens with zero attached hydrogens (tertiary/aromatic N) is 6. The Morgan fingerprint density at radius 2 is 1.56 bits per heavy atom. The van der Waals surface area contributed by atoms with Crippen molar-refractivity contribution >= 4 is 17.6 Å². The molecule has 0 bridgehead atoms. The second-order valence-corrected chi connectivity index (χ2v) is 7.40. The van der Waals surface area contributed by atoms with E-state index in [4.69, 9.17) is 0 Å². The highest BCUT2D eigenvalue weighted by atomic mass is 19.4. The maximum atomic E-state index is 13.6. The molecule has 1 N–H and O–H groups in total. The third-order valence-electron chi connectivity index (χ3n) is 4.91. The number of piperidine rings is 1. The maximum Gasteiger partial charge on any atom is 0.433 e. The van der Waals surface area contributed by atoms with E-state index in [-0.39, 0.29) is 55.0 Å². The molecular weight excluding hydrogens is 471 g/mol. The Labute approximate surface area is 188 Å². The zero-order valence-corrected chi connectivity index (χ0v) is 17.2. The normalized spacial score (nSPS) is 15.4. The summed E-state index contributed by atoms with van der Waals surface area (Å²) < 4.78 is 91.9. The Morgan fingerprint density at radius 1 is 0.853 bits per heavy atom. The highest BCUT2D eigenvalue weighted by Crippen LogP contribution is 2.31. The summed E-state index contributed by atoms with van der Waals surface area (Å²) in [6.45, 7) is 0.487. The van der Waals surface area contributed by atoms with Crippen LogP contribution in [0.5, 0.6) is 0 Å². The average Bonchev–Trinajstić information content (AvgIpc) is 2.78. The quantitative estimate of drug-likeness (QED) is 0.516. The molecular formula is C20H16F7N7. The molecule has 0 unspecified atom stereocenters. The van der Waals surface area contributed by atoms with Crippen molar-refractivity contribution in [2.24, 2.45) is 0 Å². The van der Waals surface area contributed by atoms with Crippen molar-refractivity contribution < 1.29 is 30.7 Å². The van der Waals surface area contributed by atoms with E-state index in [1.165, 1.54) is 12.1 Å². The van der Waals surface area contributed by atoms with Crippen molar-refractivity contribution in [2.75, 3.05) is 23.3 Å². The lowest BCUT2D eigenvalue weighted by molar-refractivity contribution is -0.141. The van der Waals surface area contributed by atoms with Gasteiger partial charge in [0.1, 0.15) is 23.3 Å². The zero-order chi connectivity index (χ0) is 24.5. The van der Waals surface area contributed by atoms with Gasteiger partial charge in [0.05, 0.1) is 0 Å². The van der Waals surface area contributed by atoms with Gasteiger partial charge in [-0.25, -0.2) is 9.37 Å². The van der Waals surface area contributed by atoms with Crippen molar-refractivity contribution in [1.82, 2.24) is 24.9 Å². The fraction of sp³-hybridized carbons (Fsp3) is 0.350. The lowest BCUT2D eigenvalue weighted by atomic mass is 10.1. The SMILES string of the molecule is FC1CCN(c2nc(Nc3ccnc(C(F)(F)F)c3)nc(-c3cccc(C(F)(F)F)n3)n2)CC1. The van der Waals surface area contributed by atoms with Crippen LogP contribution >= 0.6 is 0 Å². The molecule has 34 heavy (non-hydrogen) atoms. The molecule has 4 heterocycles. The number of halogens is 7. The van der Waals surface area contributed by atoms with Gasteiger partial charge in [0.25, 0.3) is 0 Å². The minimum atomic E-state index is -4.71. The van der Waals surface area contributed by atoms with E-state index in [9.17, 15) is 30.7 Å². The van der Waals surface area contributed by atoms with Crippen LogP contribution < -0.4 is 10.2 Å². The molecule has 0 saturated carbocycles. The molecule has 1 aliphatic rings. The van der Waals surface area contributed by atoms with Crippen molar-refractivity contribution in [3.63, 3.8) is 0 Å². The molecule has 0 amide bonds. The van der Waals surface area contributed by atoms with Gasteiger partial charge in [-0.15, -0.1) is 0 Å². The molecule has 4 rings (SSSR count). The monoisotopic (exact) mass is 487 g/mol. The first kappa shape index (κ1) is 23.6. The molecule has 3 aromatic heterocycles. The average molecular weight is 487 g/mol. The standard InChI is InChI=1S/C20H16F7N7/c21-11-5-8-34(9-6-11)18-32-16(13-2-1-3-14(30-13)19(22,23)24)31-17(33-18)29-12-4-7-28-15(10-12)20(25,26)27/h1-4,7,10-11H,5-6,8-9H2,(H,28,29,31,32,33). The van der Waals surface area contributed by atoms with Crippen LogP contribution in [0.15, 0.2) is 36.5 Å². The van der Waals surface area contributed by atoms with Crippen LogP contribution in [-0.2, 0) is 12.4 Å². The van der Waals surface area contributed by atoms with E-state index in [2.05, 4.69) is 30.2 Å². The molecule has 180 valence electrons. The summed E-state index contributed by atoms with van der Waals surface area (Å²) in [5.41, 5.74) is -2.59. The molecule has 1 fully saturated rings. The van der Waals surface area contributed by atoms with Gasteiger partial charge < -0.3 is 10.2 Å². The molecule has 0 aromatic carbocycles. The molecule has 0 radical (unpaired) electrons. The molecule has 0 spiro atoms. The van der Waals surface area contributed by atoms with Crippen LogP contribution in [0.1, 0.15) is 24.2 Å². The Hall–Kier alpha value is -3.58. The number of anilines is 3. The third-order valence-corrected chi connectivity index (χ3v) is 4.91. The highest BCUT2D eigenvalue weighted by molar-refractivity contribution is 5.59. The molecule has 3 aromatic rings. The summed E-state index contributed by atoms with van der Waals surface area (Å²) in [5.74, 6) is -0.421. The molecule has 14 heteroatoms. The van der Waals surface area contributed by atoms with Crippen LogP contribution in [0.25, 0.3) is 11.5 Å². The van der Waals surface area contributed by atoms with E-state index in [0.29, 0.717) is 0 Å². The number of pyridine rings is 2. The number of hydrogen-bond acceptors (Lipinski definition) is 7. The van der Waals surface area contributed by atoms with Crippen molar-refractivity contribution in [3.05, 3.63) is 47.9 Å². The van der Waals surface area contributed by atoms with Gasteiger partial charge in [-0.05, 0) is 37.1 Å². The molecule has 7 nitrogen and oxygen atoms in total. The number of nitrogens with one attached hydrogen (secondary N) is 1. The summed E-state index contributed by atoms with van der Waals surface area (Å²) in [6, 6.07) is 5.16. The van der Waals surface area contributed by atoms with Gasteiger partial charge >= 0.3 is 12.4 Å². The van der Waals surface area contributed by atoms with Gasteiger partial charge in [0, 0.05) is 25.0 Å². The van der Waals surface area contributed by atoms with Crippen molar-refractivity contribution in [3.8, 4) is 11.5 Å². The fourth-order valence-corrected chi connectivity index (χ4v) is 3.23. The van der Waals surface area contributed by atoms with Crippen molar-refractivity contribution in [1.29, 1.82) is 0 Å². The summed E-state index contributed by atoms with van der Waals surface area (Å²) in [5, 5.41) is 2.61. The predicted octanol–water partition coefficient (Wildman–Crippen LogP) is 5.05. The first-order chi connectivity index (χ1) is 16.0. The number of rotatable bonds is 4.